The van der Waals surface area contributed by atoms with Gasteiger partial charge in [-0.2, -0.15) is 0 Å². The molecular weight excluding hydrogens is 302 g/mol. The third kappa shape index (κ3) is 3.03. The Balaban J connectivity index is 1.39. The Kier molecular flexibility index (Phi) is 4.24. The fraction of sp³-hybridized carbons (Fsp3) is 0.474. The number of nitrogens with zero attached hydrogens (tertiary/aromatic N) is 2. The lowest BCUT2D eigenvalue weighted by molar-refractivity contribution is -0.130. The van der Waals surface area contributed by atoms with Crippen molar-refractivity contribution in [3.05, 3.63) is 36.6 Å². The zero-order valence-corrected chi connectivity index (χ0v) is 13.8. The van der Waals surface area contributed by atoms with E-state index in [1.165, 1.54) is 32.1 Å². The molecule has 1 amide bonds. The Morgan fingerprint density at radius 3 is 2.54 bits per heavy atom. The maximum atomic E-state index is 12.7. The van der Waals surface area contributed by atoms with Crippen LogP contribution >= 0.6 is 0 Å². The number of benzene rings is 1. The molecule has 2 aliphatic rings. The van der Waals surface area contributed by atoms with Gasteiger partial charge in [0.2, 0.25) is 5.91 Å². The van der Waals surface area contributed by atoms with Crippen molar-refractivity contribution in [3.8, 4) is 11.3 Å². The molecule has 5 heteroatoms. The molecule has 126 valence electrons. The summed E-state index contributed by atoms with van der Waals surface area (Å²) in [4.78, 5) is 14.8. The highest BCUT2D eigenvalue weighted by atomic mass is 16.5. The fourth-order valence-corrected chi connectivity index (χ4v) is 3.89. The first-order valence-corrected chi connectivity index (χ1v) is 8.89. The van der Waals surface area contributed by atoms with E-state index in [1.54, 1.807) is 6.26 Å². The molecule has 1 aliphatic carbocycles. The summed E-state index contributed by atoms with van der Waals surface area (Å²) in [6, 6.07) is 10.2. The monoisotopic (exact) mass is 325 g/mol. The molecule has 0 bridgehead atoms. The van der Waals surface area contributed by atoms with Crippen LogP contribution in [-0.4, -0.2) is 34.6 Å². The Hall–Kier alpha value is -2.30. The zero-order chi connectivity index (χ0) is 16.4. The van der Waals surface area contributed by atoms with Crippen molar-refractivity contribution >= 4 is 11.6 Å². The van der Waals surface area contributed by atoms with Crippen LogP contribution in [0.15, 0.2) is 41.1 Å². The molecule has 5 nitrogen and oxygen atoms in total. The van der Waals surface area contributed by atoms with Crippen molar-refractivity contribution in [1.29, 1.82) is 0 Å². The van der Waals surface area contributed by atoms with Crippen LogP contribution in [0, 0.1) is 0 Å². The maximum Gasteiger partial charge on any atom is 0.245 e. The van der Waals surface area contributed by atoms with E-state index in [0.29, 0.717) is 6.04 Å². The van der Waals surface area contributed by atoms with Gasteiger partial charge in [-0.05, 0) is 31.4 Å². The predicted molar refractivity (Wildman–Crippen MR) is 92.6 cm³/mol. The molecule has 2 heterocycles. The molecule has 1 atom stereocenters. The van der Waals surface area contributed by atoms with Gasteiger partial charge in [0.05, 0.1) is 0 Å². The Morgan fingerprint density at radius 1 is 1.04 bits per heavy atom. The van der Waals surface area contributed by atoms with Crippen molar-refractivity contribution < 1.29 is 9.32 Å². The highest BCUT2D eigenvalue weighted by Crippen LogP contribution is 2.28. The van der Waals surface area contributed by atoms with Crippen LogP contribution in [-0.2, 0) is 4.79 Å². The number of hydrogen-bond donors (Lipinski definition) is 1. The van der Waals surface area contributed by atoms with E-state index in [0.717, 1.165) is 29.9 Å². The SMILES string of the molecule is O=C1C(Nc2ccc(-c3ccon3)cc2)CCN1C1CCCCC1. The van der Waals surface area contributed by atoms with E-state index >= 15 is 0 Å². The molecule has 0 radical (unpaired) electrons. The second-order valence-electron chi connectivity index (χ2n) is 6.77. The van der Waals surface area contributed by atoms with E-state index in [2.05, 4.69) is 15.4 Å². The minimum atomic E-state index is -0.0928. The summed E-state index contributed by atoms with van der Waals surface area (Å²) >= 11 is 0. The molecule has 4 rings (SSSR count). The van der Waals surface area contributed by atoms with Gasteiger partial charge in [0.25, 0.3) is 0 Å². The number of nitrogens with one attached hydrogen (secondary N) is 1. The number of hydrogen-bond acceptors (Lipinski definition) is 4. The molecule has 2 fully saturated rings. The van der Waals surface area contributed by atoms with E-state index in [-0.39, 0.29) is 11.9 Å². The van der Waals surface area contributed by atoms with Crippen LogP contribution in [0.5, 0.6) is 0 Å². The van der Waals surface area contributed by atoms with Crippen molar-refractivity contribution in [2.45, 2.75) is 50.6 Å². The lowest BCUT2D eigenvalue weighted by atomic mass is 9.94. The zero-order valence-electron chi connectivity index (χ0n) is 13.8. The fourth-order valence-electron chi connectivity index (χ4n) is 3.89. The van der Waals surface area contributed by atoms with Crippen molar-refractivity contribution in [1.82, 2.24) is 10.1 Å². The molecule has 1 aromatic heterocycles. The highest BCUT2D eigenvalue weighted by molar-refractivity contribution is 5.87. The minimum Gasteiger partial charge on any atom is -0.374 e. The lowest BCUT2D eigenvalue weighted by Gasteiger charge is -2.31. The van der Waals surface area contributed by atoms with Crippen LogP contribution in [0.4, 0.5) is 5.69 Å². The molecule has 1 N–H and O–H groups in total. The summed E-state index contributed by atoms with van der Waals surface area (Å²) in [5.41, 5.74) is 2.81. The summed E-state index contributed by atoms with van der Waals surface area (Å²) in [7, 11) is 0. The number of amides is 1. The summed E-state index contributed by atoms with van der Waals surface area (Å²) in [5.74, 6) is 0.266. The third-order valence-corrected chi connectivity index (χ3v) is 5.21. The number of carbonyl (C=O) groups excluding carboxylic acids is 1. The number of rotatable bonds is 4. The summed E-state index contributed by atoms with van der Waals surface area (Å²) < 4.78 is 4.87. The van der Waals surface area contributed by atoms with Crippen molar-refractivity contribution in [2.75, 3.05) is 11.9 Å². The van der Waals surface area contributed by atoms with Crippen LogP contribution < -0.4 is 5.32 Å². The van der Waals surface area contributed by atoms with Gasteiger partial charge in [-0.1, -0.05) is 36.6 Å². The summed E-state index contributed by atoms with van der Waals surface area (Å²) in [6.45, 7) is 0.887. The molecule has 1 saturated heterocycles. The molecule has 1 aromatic carbocycles. The first-order valence-electron chi connectivity index (χ1n) is 8.89. The molecular formula is C19H23N3O2. The molecule has 1 unspecified atom stereocenters. The normalized spacial score (nSPS) is 22.1. The Labute approximate surface area is 142 Å². The molecule has 1 aliphatic heterocycles. The average Bonchev–Trinajstić information content (AvgIpc) is 3.28. The van der Waals surface area contributed by atoms with E-state index in [1.807, 2.05) is 30.3 Å². The quantitative estimate of drug-likeness (QED) is 0.931. The van der Waals surface area contributed by atoms with Gasteiger partial charge in [-0.15, -0.1) is 0 Å². The van der Waals surface area contributed by atoms with E-state index < -0.39 is 0 Å². The Bertz CT molecular complexity index is 675. The van der Waals surface area contributed by atoms with Gasteiger partial charge in [0.15, 0.2) is 0 Å². The van der Waals surface area contributed by atoms with Gasteiger partial charge < -0.3 is 14.7 Å². The first kappa shape index (κ1) is 15.2. The Morgan fingerprint density at radius 2 is 1.83 bits per heavy atom. The van der Waals surface area contributed by atoms with Crippen molar-refractivity contribution in [2.24, 2.45) is 0 Å². The molecule has 0 spiro atoms. The smallest absolute Gasteiger partial charge is 0.245 e. The lowest BCUT2D eigenvalue weighted by Crippen LogP contribution is -2.41. The average molecular weight is 325 g/mol. The highest BCUT2D eigenvalue weighted by Gasteiger charge is 2.36. The minimum absolute atomic E-state index is 0.0928. The van der Waals surface area contributed by atoms with Crippen molar-refractivity contribution in [3.63, 3.8) is 0 Å². The van der Waals surface area contributed by atoms with Crippen LogP contribution in [0.1, 0.15) is 38.5 Å². The molecule has 2 aromatic rings. The predicted octanol–water partition coefficient (Wildman–Crippen LogP) is 3.69. The van der Waals surface area contributed by atoms with Gasteiger partial charge in [0, 0.05) is 29.9 Å². The summed E-state index contributed by atoms with van der Waals surface area (Å²) in [5, 5.41) is 7.33. The second-order valence-corrected chi connectivity index (χ2v) is 6.77. The topological polar surface area (TPSA) is 58.4 Å². The van der Waals surface area contributed by atoms with Gasteiger partial charge in [0.1, 0.15) is 18.0 Å². The number of likely N-dealkylation sites (tertiary alicyclic amines) is 1. The third-order valence-electron chi connectivity index (χ3n) is 5.21. The van der Waals surface area contributed by atoms with Crippen LogP contribution in [0.2, 0.25) is 0 Å². The standard InChI is InChI=1S/C19H23N3O2/c23-19-18(10-12-22(19)16-4-2-1-3-5-16)20-15-8-6-14(7-9-15)17-11-13-24-21-17/h6-9,11,13,16,18,20H,1-5,10,12H2. The largest absolute Gasteiger partial charge is 0.374 e. The van der Waals surface area contributed by atoms with Gasteiger partial charge in [-0.3, -0.25) is 4.79 Å². The van der Waals surface area contributed by atoms with E-state index in [4.69, 9.17) is 4.52 Å². The first-order chi connectivity index (χ1) is 11.8. The second kappa shape index (κ2) is 6.67. The number of anilines is 1. The van der Waals surface area contributed by atoms with E-state index in [9.17, 15) is 4.79 Å². The number of carbonyl (C=O) groups is 1. The van der Waals surface area contributed by atoms with Gasteiger partial charge in [-0.25, -0.2) is 0 Å². The summed E-state index contributed by atoms with van der Waals surface area (Å²) in [6.07, 6.45) is 8.64. The van der Waals surface area contributed by atoms with Gasteiger partial charge >= 0.3 is 0 Å². The van der Waals surface area contributed by atoms with Crippen LogP contribution in [0.3, 0.4) is 0 Å². The maximum absolute atomic E-state index is 12.7. The molecule has 1 saturated carbocycles. The van der Waals surface area contributed by atoms with Crippen LogP contribution in [0.25, 0.3) is 11.3 Å². The number of aromatic nitrogens is 1. The molecule has 24 heavy (non-hydrogen) atoms.